The third kappa shape index (κ3) is 2.57. The average molecular weight is 312 g/mol. The minimum absolute atomic E-state index is 0.207. The maximum absolute atomic E-state index is 11.9. The van der Waals surface area contributed by atoms with E-state index in [2.05, 4.69) is 21.2 Å². The third-order valence-electron chi connectivity index (χ3n) is 2.66. The van der Waals surface area contributed by atoms with Gasteiger partial charge >= 0.3 is 0 Å². The molecule has 0 aliphatic heterocycles. The summed E-state index contributed by atoms with van der Waals surface area (Å²) in [5.74, 6) is -0.00975. The Labute approximate surface area is 113 Å². The Morgan fingerprint density at radius 3 is 2.94 bits per heavy atom. The Hall–Kier alpha value is -1.33. The highest BCUT2D eigenvalue weighted by molar-refractivity contribution is 9.10. The number of hydrogen-bond acceptors (Lipinski definition) is 3. The highest BCUT2D eigenvalue weighted by Gasteiger charge is 2.17. The van der Waals surface area contributed by atoms with E-state index < -0.39 is 6.10 Å². The molecular formula is C13H14BrNO3. The van der Waals surface area contributed by atoms with Gasteiger partial charge in [0.1, 0.15) is 5.58 Å². The number of carbonyl (C=O) groups is 1. The SMILES string of the molecule is Cc1c(C(=O)NC[C@@H](C)O)oc2ccc(Br)cc12. The molecule has 1 aromatic heterocycles. The minimum Gasteiger partial charge on any atom is -0.451 e. The molecule has 0 aliphatic rings. The Balaban J connectivity index is 2.34. The Morgan fingerprint density at radius 1 is 1.56 bits per heavy atom. The van der Waals surface area contributed by atoms with Crippen LogP contribution in [0.2, 0.25) is 0 Å². The predicted molar refractivity (Wildman–Crippen MR) is 72.7 cm³/mol. The van der Waals surface area contributed by atoms with Crippen molar-refractivity contribution in [3.05, 3.63) is 34.0 Å². The van der Waals surface area contributed by atoms with Crippen LogP contribution in [-0.2, 0) is 0 Å². The second kappa shape index (κ2) is 5.12. The number of aliphatic hydroxyl groups excluding tert-OH is 1. The number of rotatable bonds is 3. The van der Waals surface area contributed by atoms with E-state index in [9.17, 15) is 4.79 Å². The maximum atomic E-state index is 11.9. The van der Waals surface area contributed by atoms with Gasteiger partial charge in [0.2, 0.25) is 0 Å². The zero-order chi connectivity index (χ0) is 13.3. The number of amides is 1. The van der Waals surface area contributed by atoms with Crippen molar-refractivity contribution in [3.63, 3.8) is 0 Å². The van der Waals surface area contributed by atoms with Gasteiger partial charge in [0.05, 0.1) is 6.10 Å². The monoisotopic (exact) mass is 311 g/mol. The van der Waals surface area contributed by atoms with Gasteiger partial charge in [0.15, 0.2) is 5.76 Å². The Kier molecular flexibility index (Phi) is 3.73. The molecule has 96 valence electrons. The van der Waals surface area contributed by atoms with Gasteiger partial charge in [-0.3, -0.25) is 4.79 Å². The molecular weight excluding hydrogens is 298 g/mol. The first-order valence-electron chi connectivity index (χ1n) is 5.64. The van der Waals surface area contributed by atoms with Gasteiger partial charge in [-0.2, -0.15) is 0 Å². The third-order valence-corrected chi connectivity index (χ3v) is 3.16. The molecule has 0 unspecified atom stereocenters. The Bertz CT molecular complexity index is 589. The number of fused-ring (bicyclic) bond motifs is 1. The van der Waals surface area contributed by atoms with E-state index in [1.807, 2.05) is 25.1 Å². The number of halogens is 1. The lowest BCUT2D eigenvalue weighted by molar-refractivity contribution is 0.0898. The molecule has 1 aromatic carbocycles. The number of hydrogen-bond donors (Lipinski definition) is 2. The lowest BCUT2D eigenvalue weighted by Gasteiger charge is -2.05. The van der Waals surface area contributed by atoms with Crippen LogP contribution in [0.25, 0.3) is 11.0 Å². The molecule has 0 radical (unpaired) electrons. The van der Waals surface area contributed by atoms with Gasteiger partial charge in [0, 0.05) is 22.0 Å². The minimum atomic E-state index is -0.576. The van der Waals surface area contributed by atoms with Gasteiger partial charge in [-0.25, -0.2) is 0 Å². The van der Waals surface area contributed by atoms with Crippen molar-refractivity contribution in [3.8, 4) is 0 Å². The summed E-state index contributed by atoms with van der Waals surface area (Å²) in [6.45, 7) is 3.66. The molecule has 2 N–H and O–H groups in total. The molecule has 18 heavy (non-hydrogen) atoms. The molecule has 1 heterocycles. The Morgan fingerprint density at radius 2 is 2.28 bits per heavy atom. The summed E-state index contributed by atoms with van der Waals surface area (Å²) in [4.78, 5) is 11.9. The van der Waals surface area contributed by atoms with Crippen molar-refractivity contribution in [1.82, 2.24) is 5.32 Å². The van der Waals surface area contributed by atoms with Crippen LogP contribution in [-0.4, -0.2) is 23.7 Å². The van der Waals surface area contributed by atoms with Gasteiger partial charge < -0.3 is 14.8 Å². The van der Waals surface area contributed by atoms with E-state index in [-0.39, 0.29) is 12.5 Å². The van der Waals surface area contributed by atoms with Crippen molar-refractivity contribution >= 4 is 32.8 Å². The molecule has 1 atom stereocenters. The van der Waals surface area contributed by atoms with Crippen LogP contribution in [0, 0.1) is 6.92 Å². The quantitative estimate of drug-likeness (QED) is 0.916. The predicted octanol–water partition coefficient (Wildman–Crippen LogP) is 2.61. The first-order chi connectivity index (χ1) is 8.49. The highest BCUT2D eigenvalue weighted by Crippen LogP contribution is 2.27. The van der Waals surface area contributed by atoms with Crippen LogP contribution in [0.4, 0.5) is 0 Å². The van der Waals surface area contributed by atoms with Crippen molar-refractivity contribution < 1.29 is 14.3 Å². The van der Waals surface area contributed by atoms with Crippen LogP contribution >= 0.6 is 15.9 Å². The molecule has 2 aromatic rings. The van der Waals surface area contributed by atoms with E-state index >= 15 is 0 Å². The smallest absolute Gasteiger partial charge is 0.287 e. The van der Waals surface area contributed by atoms with Crippen LogP contribution in [0.3, 0.4) is 0 Å². The fraction of sp³-hybridized carbons (Fsp3) is 0.308. The normalized spacial score (nSPS) is 12.7. The largest absolute Gasteiger partial charge is 0.451 e. The van der Waals surface area contributed by atoms with Crippen molar-refractivity contribution in [1.29, 1.82) is 0 Å². The van der Waals surface area contributed by atoms with Crippen LogP contribution < -0.4 is 5.32 Å². The topological polar surface area (TPSA) is 62.5 Å². The first kappa shape index (κ1) is 13.1. The fourth-order valence-electron chi connectivity index (χ4n) is 1.73. The van der Waals surface area contributed by atoms with E-state index in [0.29, 0.717) is 11.3 Å². The summed E-state index contributed by atoms with van der Waals surface area (Å²) < 4.78 is 6.47. The first-order valence-corrected chi connectivity index (χ1v) is 6.43. The summed E-state index contributed by atoms with van der Waals surface area (Å²) in [5.41, 5.74) is 1.48. The maximum Gasteiger partial charge on any atom is 0.287 e. The number of benzene rings is 1. The van der Waals surface area contributed by atoms with Crippen molar-refractivity contribution in [2.75, 3.05) is 6.54 Å². The van der Waals surface area contributed by atoms with Crippen molar-refractivity contribution in [2.45, 2.75) is 20.0 Å². The lowest BCUT2D eigenvalue weighted by Crippen LogP contribution is -2.30. The fourth-order valence-corrected chi connectivity index (χ4v) is 2.09. The summed E-state index contributed by atoms with van der Waals surface area (Å²) in [5, 5.41) is 12.7. The second-order valence-corrected chi connectivity index (χ2v) is 5.17. The summed E-state index contributed by atoms with van der Waals surface area (Å²) in [7, 11) is 0. The number of carbonyl (C=O) groups excluding carboxylic acids is 1. The van der Waals surface area contributed by atoms with Crippen LogP contribution in [0.1, 0.15) is 23.0 Å². The molecule has 0 aliphatic carbocycles. The molecule has 0 saturated carbocycles. The zero-order valence-electron chi connectivity index (χ0n) is 10.2. The second-order valence-electron chi connectivity index (χ2n) is 4.26. The molecule has 4 nitrogen and oxygen atoms in total. The summed E-state index contributed by atoms with van der Waals surface area (Å²) >= 11 is 3.39. The molecule has 1 amide bonds. The lowest BCUT2D eigenvalue weighted by atomic mass is 10.1. The number of aryl methyl sites for hydroxylation is 1. The standard InChI is InChI=1S/C13H14BrNO3/c1-7(16)6-15-13(17)12-8(2)10-5-9(14)3-4-11(10)18-12/h3-5,7,16H,6H2,1-2H3,(H,15,17)/t7-/m1/s1. The van der Waals surface area contributed by atoms with Gasteiger partial charge in [-0.05, 0) is 32.0 Å². The van der Waals surface area contributed by atoms with Crippen LogP contribution in [0.15, 0.2) is 27.1 Å². The number of nitrogens with one attached hydrogen (secondary N) is 1. The number of furan rings is 1. The average Bonchev–Trinajstić information content (AvgIpc) is 2.64. The van der Waals surface area contributed by atoms with E-state index in [0.717, 1.165) is 15.4 Å². The molecule has 0 spiro atoms. The van der Waals surface area contributed by atoms with Crippen LogP contribution in [0.5, 0.6) is 0 Å². The van der Waals surface area contributed by atoms with Gasteiger partial charge in [-0.15, -0.1) is 0 Å². The summed E-state index contributed by atoms with van der Waals surface area (Å²) in [6.07, 6.45) is -0.576. The summed E-state index contributed by atoms with van der Waals surface area (Å²) in [6, 6.07) is 5.60. The molecule has 0 fully saturated rings. The molecule has 0 saturated heterocycles. The highest BCUT2D eigenvalue weighted by atomic mass is 79.9. The van der Waals surface area contributed by atoms with Gasteiger partial charge in [-0.1, -0.05) is 15.9 Å². The van der Waals surface area contributed by atoms with E-state index in [1.165, 1.54) is 0 Å². The van der Waals surface area contributed by atoms with E-state index in [1.54, 1.807) is 6.92 Å². The zero-order valence-corrected chi connectivity index (χ0v) is 11.7. The molecule has 2 rings (SSSR count). The van der Waals surface area contributed by atoms with Crippen molar-refractivity contribution in [2.24, 2.45) is 0 Å². The van der Waals surface area contributed by atoms with Gasteiger partial charge in [0.25, 0.3) is 5.91 Å². The van der Waals surface area contributed by atoms with E-state index in [4.69, 9.17) is 9.52 Å². The molecule has 5 heteroatoms. The number of aliphatic hydroxyl groups is 1. The molecule has 0 bridgehead atoms.